The molecule has 1 saturated heterocycles. The molecule has 0 saturated carbocycles. The number of esters is 1. The van der Waals surface area contributed by atoms with Gasteiger partial charge in [-0.05, 0) is 57.9 Å². The first kappa shape index (κ1) is 30.2. The van der Waals surface area contributed by atoms with Crippen LogP contribution in [0.3, 0.4) is 0 Å². The number of benzene rings is 1. The van der Waals surface area contributed by atoms with Crippen LogP contribution in [0.5, 0.6) is 11.6 Å². The molecule has 1 aliphatic heterocycles. The molecule has 1 fully saturated rings. The first-order valence-electron chi connectivity index (χ1n) is 13.1. The third-order valence-electron chi connectivity index (χ3n) is 6.47. The molecule has 14 heteroatoms. The van der Waals surface area contributed by atoms with Crippen molar-refractivity contribution in [2.24, 2.45) is 5.92 Å². The van der Waals surface area contributed by atoms with Crippen molar-refractivity contribution >= 4 is 43.2 Å². The van der Waals surface area contributed by atoms with E-state index >= 15 is 0 Å². The number of carbonyl (C=O) groups excluding carboxylic acids is 1. The van der Waals surface area contributed by atoms with Crippen LogP contribution in [0.15, 0.2) is 30.6 Å². The van der Waals surface area contributed by atoms with Crippen molar-refractivity contribution in [1.82, 2.24) is 24.6 Å². The van der Waals surface area contributed by atoms with Crippen molar-refractivity contribution in [2.45, 2.75) is 71.4 Å². The van der Waals surface area contributed by atoms with Crippen LogP contribution in [0, 0.1) is 5.92 Å². The number of nitrogens with one attached hydrogen (secondary N) is 1. The first-order chi connectivity index (χ1) is 19.0. The number of ether oxygens (including phenoxy) is 3. The Hall–Kier alpha value is -2.76. The van der Waals surface area contributed by atoms with Gasteiger partial charge in [0.15, 0.2) is 11.2 Å². The minimum absolute atomic E-state index is 0.0853. The van der Waals surface area contributed by atoms with Gasteiger partial charge in [0.2, 0.25) is 11.8 Å². The smallest absolute Gasteiger partial charge is 0.326 e. The summed E-state index contributed by atoms with van der Waals surface area (Å²) in [5, 5.41) is 3.78. The van der Waals surface area contributed by atoms with Gasteiger partial charge in [0.05, 0.1) is 32.3 Å². The van der Waals surface area contributed by atoms with Crippen LogP contribution in [-0.2, 0) is 18.8 Å². The molecule has 3 heterocycles. The maximum Gasteiger partial charge on any atom is 0.326 e. The summed E-state index contributed by atoms with van der Waals surface area (Å²) >= 11 is 6.03. The van der Waals surface area contributed by atoms with Gasteiger partial charge in [0.1, 0.15) is 17.5 Å². The first-order valence-corrected chi connectivity index (χ1v) is 14.6. The highest BCUT2D eigenvalue weighted by Gasteiger charge is 2.38. The van der Waals surface area contributed by atoms with Gasteiger partial charge in [0.25, 0.3) is 0 Å². The Balaban J connectivity index is 1.47. The van der Waals surface area contributed by atoms with Gasteiger partial charge < -0.3 is 29.0 Å². The van der Waals surface area contributed by atoms with Crippen molar-refractivity contribution in [3.8, 4) is 11.6 Å². The van der Waals surface area contributed by atoms with Crippen molar-refractivity contribution in [3.63, 3.8) is 0 Å². The summed E-state index contributed by atoms with van der Waals surface area (Å²) in [5.74, 6) is 0.655. The van der Waals surface area contributed by atoms with Gasteiger partial charge in [-0.15, -0.1) is 0 Å². The second-order valence-corrected chi connectivity index (χ2v) is 11.9. The largest absolute Gasteiger partial charge is 0.479 e. The molecule has 1 aromatic carbocycles. The molecule has 4 unspecified atom stereocenters. The normalized spacial score (nSPS) is 20.8. The van der Waals surface area contributed by atoms with Crippen molar-refractivity contribution in [2.75, 3.05) is 19.5 Å². The third-order valence-corrected chi connectivity index (χ3v) is 8.23. The average molecular weight is 595 g/mol. The van der Waals surface area contributed by atoms with Crippen LogP contribution in [0.4, 0.5) is 5.95 Å². The number of nitrogens with zero attached hydrogens (tertiary/aromatic N) is 4. The molecule has 0 radical (unpaired) electrons. The van der Waals surface area contributed by atoms with Crippen LogP contribution in [-0.4, -0.2) is 57.0 Å². The number of rotatable bonds is 12. The second-order valence-electron chi connectivity index (χ2n) is 10.2. The van der Waals surface area contributed by atoms with Gasteiger partial charge in [-0.25, -0.2) is 10.1 Å². The summed E-state index contributed by atoms with van der Waals surface area (Å²) in [6.45, 7) is 9.58. The molecule has 4 rings (SSSR count). The number of hydrogen-bond acceptors (Lipinski definition) is 11. The van der Waals surface area contributed by atoms with E-state index in [1.165, 1.54) is 7.11 Å². The molecule has 218 valence electrons. The Morgan fingerprint density at radius 3 is 2.73 bits per heavy atom. The minimum atomic E-state index is -1.77. The lowest BCUT2D eigenvalue weighted by Crippen LogP contribution is -2.47. The predicted molar refractivity (Wildman–Crippen MR) is 152 cm³/mol. The van der Waals surface area contributed by atoms with E-state index in [4.69, 9.17) is 40.6 Å². The summed E-state index contributed by atoms with van der Waals surface area (Å²) in [6, 6.07) is 6.92. The maximum absolute atomic E-state index is 12.9. The highest BCUT2D eigenvalue weighted by atomic mass is 35.5. The second kappa shape index (κ2) is 12.8. The van der Waals surface area contributed by atoms with E-state index in [2.05, 4.69) is 27.0 Å². The number of fused-ring (bicyclic) bond motifs is 1. The standard InChI is InChI=1S/C26H36ClN6O6P/c1-7-16(3)37-24(34)26(4,5)32-40(39-18-10-8-17(27)9-11-18)36-13-19-12-15(2)23(38-19)33-14-29-20-21(33)30-25(28)31-22(20)35-6/h8-11,14-16,19,23,32H,7,12-13H2,1-6H3,(H2,28,30,31)/t15?,16?,19?,23-,40?/m1/s1. The molecular formula is C26H36ClN6O6P. The maximum atomic E-state index is 12.9. The Morgan fingerprint density at radius 1 is 1.32 bits per heavy atom. The quantitative estimate of drug-likeness (QED) is 0.215. The molecule has 40 heavy (non-hydrogen) atoms. The fraction of sp³-hybridized carbons (Fsp3) is 0.538. The third kappa shape index (κ3) is 7.11. The fourth-order valence-electron chi connectivity index (χ4n) is 4.11. The molecule has 5 atom stereocenters. The summed E-state index contributed by atoms with van der Waals surface area (Å²) in [6.07, 6.45) is 2.26. The molecule has 0 bridgehead atoms. The number of nitrogen functional groups attached to an aromatic ring is 1. The Kier molecular flexibility index (Phi) is 9.68. The summed E-state index contributed by atoms with van der Waals surface area (Å²) in [4.78, 5) is 25.7. The number of nitrogens with two attached hydrogens (primary N) is 1. The molecule has 0 spiro atoms. The number of aromatic nitrogens is 4. The van der Waals surface area contributed by atoms with Crippen LogP contribution >= 0.6 is 20.1 Å². The minimum Gasteiger partial charge on any atom is -0.479 e. The molecule has 0 aliphatic carbocycles. The summed E-state index contributed by atoms with van der Waals surface area (Å²) in [7, 11) is -0.266. The number of hydrogen-bond donors (Lipinski definition) is 2. The van der Waals surface area contributed by atoms with Gasteiger partial charge >= 0.3 is 14.5 Å². The highest BCUT2D eigenvalue weighted by Crippen LogP contribution is 2.42. The van der Waals surface area contributed by atoms with E-state index in [9.17, 15) is 4.79 Å². The van der Waals surface area contributed by atoms with E-state index in [1.54, 1.807) is 44.4 Å². The monoisotopic (exact) mass is 594 g/mol. The van der Waals surface area contributed by atoms with E-state index < -0.39 is 20.0 Å². The van der Waals surface area contributed by atoms with Crippen LogP contribution in [0.25, 0.3) is 11.2 Å². The highest BCUT2D eigenvalue weighted by molar-refractivity contribution is 7.45. The molecule has 3 aromatic rings. The van der Waals surface area contributed by atoms with Crippen LogP contribution in [0.1, 0.15) is 53.7 Å². The lowest BCUT2D eigenvalue weighted by atomic mass is 10.1. The van der Waals surface area contributed by atoms with Crippen molar-refractivity contribution in [1.29, 1.82) is 0 Å². The van der Waals surface area contributed by atoms with Crippen LogP contribution < -0.4 is 20.1 Å². The van der Waals surface area contributed by atoms with Gasteiger partial charge in [0, 0.05) is 10.9 Å². The zero-order chi connectivity index (χ0) is 29.0. The summed E-state index contributed by atoms with van der Waals surface area (Å²) < 4.78 is 31.4. The van der Waals surface area contributed by atoms with Gasteiger partial charge in [-0.3, -0.25) is 9.36 Å². The molecule has 3 N–H and O–H groups in total. The number of carbonyl (C=O) groups is 1. The lowest BCUT2D eigenvalue weighted by molar-refractivity contribution is -0.154. The van der Waals surface area contributed by atoms with Crippen LogP contribution in [0.2, 0.25) is 5.02 Å². The number of anilines is 1. The summed E-state index contributed by atoms with van der Waals surface area (Å²) in [5.41, 5.74) is 5.85. The SMILES string of the molecule is CCC(C)OC(=O)C(C)(C)NP(OCC1CC(C)[C@H](n2cnc3c(OC)nc(N)nc32)O1)Oc1ccc(Cl)cc1. The zero-order valence-electron chi connectivity index (χ0n) is 23.5. The predicted octanol–water partition coefficient (Wildman–Crippen LogP) is 5.03. The topological polar surface area (TPSA) is 145 Å². The number of halogens is 1. The Labute approximate surface area is 239 Å². The molecule has 1 aliphatic rings. The zero-order valence-corrected chi connectivity index (χ0v) is 25.1. The van der Waals surface area contributed by atoms with E-state index in [0.29, 0.717) is 40.7 Å². The van der Waals surface area contributed by atoms with E-state index in [0.717, 1.165) is 0 Å². The lowest BCUT2D eigenvalue weighted by Gasteiger charge is -2.30. The van der Waals surface area contributed by atoms with E-state index in [-0.39, 0.29) is 36.9 Å². The Morgan fingerprint density at radius 2 is 2.05 bits per heavy atom. The van der Waals surface area contributed by atoms with Crippen molar-refractivity contribution < 1.29 is 28.1 Å². The molecular weight excluding hydrogens is 559 g/mol. The Bertz CT molecular complexity index is 1310. The molecule has 12 nitrogen and oxygen atoms in total. The molecule has 0 amide bonds. The number of imidazole rings is 1. The fourth-order valence-corrected chi connectivity index (χ4v) is 5.56. The van der Waals surface area contributed by atoms with Gasteiger partial charge in [-0.1, -0.05) is 25.4 Å². The van der Waals surface area contributed by atoms with Crippen molar-refractivity contribution in [3.05, 3.63) is 35.6 Å². The molecule has 2 aromatic heterocycles. The number of methoxy groups -OCH3 is 1. The van der Waals surface area contributed by atoms with E-state index in [1.807, 2.05) is 18.4 Å². The van der Waals surface area contributed by atoms with Gasteiger partial charge in [-0.2, -0.15) is 9.97 Å². The average Bonchev–Trinajstić information content (AvgIpc) is 3.50.